The van der Waals surface area contributed by atoms with Crippen molar-refractivity contribution in [1.29, 1.82) is 0 Å². The maximum absolute atomic E-state index is 14.4. The molecule has 1 N–H and O–H groups in total. The normalized spacial score (nSPS) is 29.6. The number of fused-ring (bicyclic) bond motifs is 3. The molecule has 0 saturated carbocycles. The second kappa shape index (κ2) is 8.06. The van der Waals surface area contributed by atoms with E-state index in [2.05, 4.69) is 20.2 Å². The van der Waals surface area contributed by atoms with E-state index in [0.29, 0.717) is 28.1 Å². The molecule has 0 aromatic heterocycles. The minimum absolute atomic E-state index is 0.187. The fourth-order valence-corrected chi connectivity index (χ4v) is 9.90. The minimum Gasteiger partial charge on any atom is -0.543 e. The SMILES string of the molecule is C[C@@H](O)[C@H]1C(=O)N2C(C(=O)[O-])=C(CN3c4cccc5cc6c(c(c45)S3(=O)=O)C[N+]3(CC[N+](C)(C)CC3)C6)[C@H](C)[C@H]12. The number of benzene rings is 2. The zero-order valence-electron chi connectivity index (χ0n) is 23.3. The number of carbonyl (C=O) groups is 2. The van der Waals surface area contributed by atoms with Gasteiger partial charge in [0, 0.05) is 22.4 Å². The van der Waals surface area contributed by atoms with Crippen molar-refractivity contribution in [2.24, 2.45) is 11.8 Å². The molecule has 5 aliphatic heterocycles. The molecular formula is C29H35N4O6S+. The standard InChI is InChI=1S/C29H35N4O6S/c1-16-20(26(29(36)37)31-25(16)23(17(2)34)28(31)35)13-30-22-7-5-6-18-12-19-14-33(10-8-32(3,4)9-11-33)15-21(19)27(24(18)22)40(30,38)39/h5-7,12,16-17,23,25,34H,8-11,13-15H2,1-4H3/q+1/t16-,17+,23+,25+/m0/s1. The fraction of sp³-hybridized carbons (Fsp3) is 0.517. The van der Waals surface area contributed by atoms with E-state index in [0.717, 1.165) is 58.2 Å². The van der Waals surface area contributed by atoms with Gasteiger partial charge in [-0.1, -0.05) is 19.1 Å². The van der Waals surface area contributed by atoms with Gasteiger partial charge in [0.1, 0.15) is 44.2 Å². The van der Waals surface area contributed by atoms with Gasteiger partial charge in [0.25, 0.3) is 10.0 Å². The number of hydrogen-bond acceptors (Lipinski definition) is 6. The highest BCUT2D eigenvalue weighted by Crippen LogP contribution is 2.51. The lowest BCUT2D eigenvalue weighted by Crippen LogP contribution is -2.64. The number of carboxylic acid groups (broad SMARTS) is 1. The molecule has 212 valence electrons. The number of aliphatic carboxylic acids is 1. The maximum atomic E-state index is 14.4. The Kier molecular flexibility index (Phi) is 5.23. The third-order valence-corrected chi connectivity index (χ3v) is 12.2. The average molecular weight is 568 g/mol. The lowest BCUT2D eigenvalue weighted by Gasteiger charge is -2.47. The number of β-lactam (4-membered cyclic amide) rings is 1. The second-order valence-corrected chi connectivity index (χ2v) is 14.9. The van der Waals surface area contributed by atoms with Crippen molar-refractivity contribution in [2.45, 2.75) is 44.0 Å². The van der Waals surface area contributed by atoms with Crippen LogP contribution in [0.1, 0.15) is 25.0 Å². The molecule has 2 saturated heterocycles. The van der Waals surface area contributed by atoms with Crippen molar-refractivity contribution in [2.75, 3.05) is 51.1 Å². The highest BCUT2D eigenvalue weighted by Gasteiger charge is 2.59. The predicted octanol–water partition coefficient (Wildman–Crippen LogP) is 0.130. The first-order chi connectivity index (χ1) is 18.8. The van der Waals surface area contributed by atoms with Gasteiger partial charge in [0.2, 0.25) is 5.91 Å². The van der Waals surface area contributed by atoms with E-state index in [1.54, 1.807) is 13.0 Å². The van der Waals surface area contributed by atoms with Crippen LogP contribution in [0.2, 0.25) is 0 Å². The molecule has 40 heavy (non-hydrogen) atoms. The zero-order chi connectivity index (χ0) is 28.5. The molecule has 1 spiro atoms. The number of piperazine rings is 1. The number of rotatable bonds is 4. The third kappa shape index (κ3) is 3.29. The van der Waals surface area contributed by atoms with Crippen molar-refractivity contribution in [3.63, 3.8) is 0 Å². The number of likely N-dealkylation sites (N-methyl/N-ethyl adjacent to an activating group) is 1. The van der Waals surface area contributed by atoms with Gasteiger partial charge in [0.15, 0.2) is 0 Å². The summed E-state index contributed by atoms with van der Waals surface area (Å²) >= 11 is 0. The lowest BCUT2D eigenvalue weighted by molar-refractivity contribution is -1.03. The topological polar surface area (TPSA) is 118 Å². The largest absolute Gasteiger partial charge is 0.543 e. The summed E-state index contributed by atoms with van der Waals surface area (Å²) in [6, 6.07) is 7.17. The second-order valence-electron chi connectivity index (χ2n) is 13.1. The first-order valence-electron chi connectivity index (χ1n) is 14.0. The Morgan fingerprint density at radius 3 is 2.52 bits per heavy atom. The summed E-state index contributed by atoms with van der Waals surface area (Å²) in [6.45, 7) is 8.66. The Bertz CT molecular complexity index is 1650. The van der Waals surface area contributed by atoms with Crippen LogP contribution in [0.15, 0.2) is 40.4 Å². The van der Waals surface area contributed by atoms with Crippen LogP contribution in [-0.4, -0.2) is 98.2 Å². The molecule has 2 aromatic carbocycles. The Balaban J connectivity index is 1.31. The Morgan fingerprint density at radius 1 is 1.18 bits per heavy atom. The smallest absolute Gasteiger partial charge is 0.265 e. The van der Waals surface area contributed by atoms with Gasteiger partial charge in [-0.2, -0.15) is 0 Å². The Morgan fingerprint density at radius 2 is 1.88 bits per heavy atom. The molecule has 4 atom stereocenters. The van der Waals surface area contributed by atoms with Crippen LogP contribution in [0.3, 0.4) is 0 Å². The van der Waals surface area contributed by atoms with Gasteiger partial charge >= 0.3 is 0 Å². The minimum atomic E-state index is -4.00. The summed E-state index contributed by atoms with van der Waals surface area (Å²) in [4.78, 5) is 26.6. The number of amides is 1. The number of carbonyl (C=O) groups excluding carboxylic acids is 2. The van der Waals surface area contributed by atoms with Crippen molar-refractivity contribution >= 4 is 38.4 Å². The summed E-state index contributed by atoms with van der Waals surface area (Å²) < 4.78 is 31.9. The first kappa shape index (κ1) is 25.9. The monoisotopic (exact) mass is 567 g/mol. The zero-order valence-corrected chi connectivity index (χ0v) is 24.1. The van der Waals surface area contributed by atoms with Gasteiger partial charge in [-0.3, -0.25) is 9.10 Å². The third-order valence-electron chi connectivity index (χ3n) is 10.3. The van der Waals surface area contributed by atoms with Gasteiger partial charge < -0.3 is 28.9 Å². The summed E-state index contributed by atoms with van der Waals surface area (Å²) in [5.74, 6) is -3.15. The van der Waals surface area contributed by atoms with E-state index in [9.17, 15) is 28.2 Å². The number of nitrogens with zero attached hydrogens (tertiary/aromatic N) is 4. The summed E-state index contributed by atoms with van der Waals surface area (Å²) in [7, 11) is 0.473. The highest BCUT2D eigenvalue weighted by atomic mass is 32.2. The number of hydrogen-bond donors (Lipinski definition) is 1. The van der Waals surface area contributed by atoms with Crippen LogP contribution in [0, 0.1) is 11.8 Å². The number of quaternary nitrogens is 2. The Hall–Kier alpha value is -2.99. The van der Waals surface area contributed by atoms with Crippen molar-refractivity contribution in [3.05, 3.63) is 46.7 Å². The molecule has 5 aliphatic rings. The van der Waals surface area contributed by atoms with Gasteiger partial charge in [-0.05, 0) is 30.0 Å². The summed E-state index contributed by atoms with van der Waals surface area (Å²) in [5.41, 5.74) is 2.58. The van der Waals surface area contributed by atoms with E-state index in [4.69, 9.17) is 0 Å². The van der Waals surface area contributed by atoms with Crippen molar-refractivity contribution < 1.29 is 37.2 Å². The molecule has 5 heterocycles. The maximum Gasteiger partial charge on any atom is 0.265 e. The van der Waals surface area contributed by atoms with Crippen LogP contribution in [-0.2, 0) is 32.7 Å². The van der Waals surface area contributed by atoms with Crippen LogP contribution < -0.4 is 9.41 Å². The fourth-order valence-electron chi connectivity index (χ4n) is 7.97. The molecule has 0 bridgehead atoms. The van der Waals surface area contributed by atoms with E-state index in [1.165, 1.54) is 16.1 Å². The molecule has 7 rings (SSSR count). The van der Waals surface area contributed by atoms with Crippen LogP contribution in [0.25, 0.3) is 10.8 Å². The van der Waals surface area contributed by atoms with Gasteiger partial charge in [-0.25, -0.2) is 8.42 Å². The van der Waals surface area contributed by atoms with Crippen molar-refractivity contribution in [3.8, 4) is 0 Å². The van der Waals surface area contributed by atoms with Crippen LogP contribution >= 0.6 is 0 Å². The number of aliphatic hydroxyl groups is 1. The molecule has 0 radical (unpaired) electrons. The molecule has 0 aliphatic carbocycles. The van der Waals surface area contributed by atoms with E-state index >= 15 is 0 Å². The van der Waals surface area contributed by atoms with Gasteiger partial charge in [-0.15, -0.1) is 0 Å². The molecule has 10 nitrogen and oxygen atoms in total. The molecule has 1 amide bonds. The molecule has 11 heteroatoms. The number of anilines is 1. The number of carboxylic acids is 1. The first-order valence-corrected chi connectivity index (χ1v) is 15.4. The predicted molar refractivity (Wildman–Crippen MR) is 145 cm³/mol. The summed E-state index contributed by atoms with van der Waals surface area (Å²) in [5, 5.41) is 24.0. The highest BCUT2D eigenvalue weighted by molar-refractivity contribution is 7.93. The molecular weight excluding hydrogens is 532 g/mol. The van der Waals surface area contributed by atoms with Crippen LogP contribution in [0.4, 0.5) is 5.69 Å². The number of aliphatic hydroxyl groups excluding tert-OH is 1. The molecule has 2 fully saturated rings. The van der Waals surface area contributed by atoms with Crippen molar-refractivity contribution in [1.82, 2.24) is 4.90 Å². The van der Waals surface area contributed by atoms with Gasteiger partial charge in [0.05, 0.1) is 56.1 Å². The quantitative estimate of drug-likeness (QED) is 0.415. The summed E-state index contributed by atoms with van der Waals surface area (Å²) in [6.07, 6.45) is -0.940. The molecule has 2 aromatic rings. The Labute approximate surface area is 233 Å². The van der Waals surface area contributed by atoms with E-state index < -0.39 is 45.9 Å². The average Bonchev–Trinajstić information content (AvgIpc) is 3.42. The van der Waals surface area contributed by atoms with E-state index in [1.807, 2.05) is 12.1 Å². The van der Waals surface area contributed by atoms with E-state index in [-0.39, 0.29) is 12.2 Å². The van der Waals surface area contributed by atoms with Crippen LogP contribution in [0.5, 0.6) is 0 Å². The molecule has 0 unspecified atom stereocenters. The number of sulfonamides is 1. The lowest BCUT2D eigenvalue weighted by atomic mass is 9.78.